The molecule has 9 heteroatoms. The maximum absolute atomic E-state index is 6.20. The lowest BCUT2D eigenvalue weighted by atomic mass is 10.0. The molecule has 4 N–H and O–H groups in total. The Hall–Kier alpha value is -2.91. The minimum atomic E-state index is 0.294. The van der Waals surface area contributed by atoms with Crippen LogP contribution in [0.5, 0.6) is 0 Å². The Bertz CT molecular complexity index is 973. The minimum Gasteiger partial charge on any atom is -0.389 e. The van der Waals surface area contributed by atoms with E-state index in [1.54, 1.807) is 0 Å². The van der Waals surface area contributed by atoms with E-state index in [0.717, 1.165) is 53.4 Å². The third-order valence-corrected chi connectivity index (χ3v) is 6.20. The number of allylic oxidation sites excluding steroid dienone is 2. The fourth-order valence-corrected chi connectivity index (χ4v) is 4.19. The zero-order valence-electron chi connectivity index (χ0n) is 17.4. The highest BCUT2D eigenvalue weighted by Crippen LogP contribution is 2.29. The number of hydrogen-bond acceptors (Lipinski definition) is 8. The van der Waals surface area contributed by atoms with Crippen molar-refractivity contribution in [1.29, 1.82) is 0 Å². The van der Waals surface area contributed by atoms with Crippen molar-refractivity contribution in [3.63, 3.8) is 0 Å². The molecule has 1 fully saturated rings. The predicted molar refractivity (Wildman–Crippen MR) is 124 cm³/mol. The van der Waals surface area contributed by atoms with Gasteiger partial charge in [0.15, 0.2) is 5.13 Å². The lowest BCUT2D eigenvalue weighted by Gasteiger charge is -2.34. The van der Waals surface area contributed by atoms with Crippen molar-refractivity contribution in [2.75, 3.05) is 49.2 Å². The number of nitrogens with one attached hydrogen (secondary N) is 2. The molecule has 1 aliphatic heterocycles. The van der Waals surface area contributed by atoms with Crippen LogP contribution in [0.3, 0.4) is 0 Å². The summed E-state index contributed by atoms with van der Waals surface area (Å²) in [4.78, 5) is 13.9. The van der Waals surface area contributed by atoms with Crippen molar-refractivity contribution >= 4 is 33.0 Å². The molecule has 4 heterocycles. The molecule has 0 bridgehead atoms. The number of nitrogens with zero attached hydrogens (tertiary/aromatic N) is 5. The smallest absolute Gasteiger partial charge is 0.190 e. The Morgan fingerprint density at radius 1 is 1.33 bits per heavy atom. The van der Waals surface area contributed by atoms with Crippen LogP contribution in [0.4, 0.5) is 21.6 Å². The standard InChI is InChI=1S/C21H28N8S/c1-15(16-13-24-25-14-16)4-3-5-18-20(22)30-21(26-18)27-19-12-17(6-7-23-19)29-10-8-28(2)9-11-29/h3-4,6-7,12-15H,5,8-11,22H2,1-2H3,(H,24,25)(H,23,26,27)/b4-3-. The number of piperazine rings is 1. The number of hydrogen-bond donors (Lipinski definition) is 3. The van der Waals surface area contributed by atoms with Gasteiger partial charge in [0.1, 0.15) is 10.8 Å². The summed E-state index contributed by atoms with van der Waals surface area (Å²) in [5.41, 5.74) is 9.42. The molecule has 0 radical (unpaired) electrons. The van der Waals surface area contributed by atoms with Gasteiger partial charge in [-0.1, -0.05) is 30.4 Å². The molecular weight excluding hydrogens is 396 g/mol. The average Bonchev–Trinajstić information content (AvgIpc) is 3.39. The second kappa shape index (κ2) is 9.27. The summed E-state index contributed by atoms with van der Waals surface area (Å²) in [5.74, 6) is 1.08. The van der Waals surface area contributed by atoms with Crippen LogP contribution in [0.15, 0.2) is 42.9 Å². The molecule has 0 spiro atoms. The zero-order chi connectivity index (χ0) is 20.9. The first-order valence-corrected chi connectivity index (χ1v) is 11.0. The summed E-state index contributed by atoms with van der Waals surface area (Å²) in [6, 6.07) is 4.14. The van der Waals surface area contributed by atoms with Crippen molar-refractivity contribution in [2.45, 2.75) is 19.3 Å². The lowest BCUT2D eigenvalue weighted by Crippen LogP contribution is -2.44. The van der Waals surface area contributed by atoms with E-state index in [2.05, 4.69) is 73.5 Å². The van der Waals surface area contributed by atoms with Gasteiger partial charge in [0.05, 0.1) is 11.9 Å². The molecule has 0 aromatic carbocycles. The van der Waals surface area contributed by atoms with Crippen molar-refractivity contribution in [1.82, 2.24) is 25.1 Å². The number of pyridine rings is 1. The molecule has 0 amide bonds. The fourth-order valence-electron chi connectivity index (χ4n) is 3.43. The summed E-state index contributed by atoms with van der Waals surface area (Å²) in [7, 11) is 2.16. The van der Waals surface area contributed by atoms with Gasteiger partial charge in [0.2, 0.25) is 0 Å². The van der Waals surface area contributed by atoms with Crippen LogP contribution in [0.25, 0.3) is 0 Å². The number of nitrogens with two attached hydrogens (primary N) is 1. The van der Waals surface area contributed by atoms with Crippen molar-refractivity contribution in [3.05, 3.63) is 54.1 Å². The molecular formula is C21H28N8S. The van der Waals surface area contributed by atoms with Crippen LogP contribution < -0.4 is 16.0 Å². The van der Waals surface area contributed by atoms with Crippen LogP contribution in [0.2, 0.25) is 0 Å². The molecule has 3 aromatic rings. The molecule has 0 aliphatic carbocycles. The monoisotopic (exact) mass is 424 g/mol. The van der Waals surface area contributed by atoms with Gasteiger partial charge in [-0.3, -0.25) is 5.10 Å². The average molecular weight is 425 g/mol. The van der Waals surface area contributed by atoms with Crippen molar-refractivity contribution in [2.24, 2.45) is 0 Å². The first-order valence-electron chi connectivity index (χ1n) is 10.2. The summed E-state index contributed by atoms with van der Waals surface area (Å²) < 4.78 is 0. The van der Waals surface area contributed by atoms with Crippen molar-refractivity contribution in [3.8, 4) is 0 Å². The molecule has 1 aliphatic rings. The molecule has 1 saturated heterocycles. The molecule has 1 atom stereocenters. The van der Waals surface area contributed by atoms with E-state index < -0.39 is 0 Å². The number of likely N-dealkylation sites (N-methyl/N-ethyl adjacent to an activating group) is 1. The number of aromatic amines is 1. The second-order valence-electron chi connectivity index (χ2n) is 7.60. The largest absolute Gasteiger partial charge is 0.389 e. The predicted octanol–water partition coefficient (Wildman–Crippen LogP) is 3.24. The van der Waals surface area contributed by atoms with Gasteiger partial charge in [-0.25, -0.2) is 9.97 Å². The first-order chi connectivity index (χ1) is 14.6. The molecule has 1 unspecified atom stereocenters. The van der Waals surface area contributed by atoms with Gasteiger partial charge in [-0.05, 0) is 18.7 Å². The van der Waals surface area contributed by atoms with Gasteiger partial charge in [0, 0.05) is 62.7 Å². The molecule has 3 aromatic heterocycles. The summed E-state index contributed by atoms with van der Waals surface area (Å²) in [5, 5.41) is 11.7. The van der Waals surface area contributed by atoms with Crippen LogP contribution >= 0.6 is 11.3 Å². The van der Waals surface area contributed by atoms with Crippen LogP contribution in [-0.2, 0) is 6.42 Å². The number of nitrogen functional groups attached to an aromatic ring is 1. The van der Waals surface area contributed by atoms with E-state index in [-0.39, 0.29) is 0 Å². The quantitative estimate of drug-likeness (QED) is 0.501. The van der Waals surface area contributed by atoms with Gasteiger partial charge in [0.25, 0.3) is 0 Å². The third-order valence-electron chi connectivity index (χ3n) is 5.36. The van der Waals surface area contributed by atoms with Gasteiger partial charge < -0.3 is 20.9 Å². The van der Waals surface area contributed by atoms with Crippen LogP contribution in [-0.4, -0.2) is 58.3 Å². The Morgan fingerprint density at radius 2 is 2.17 bits per heavy atom. The van der Waals surface area contributed by atoms with Crippen molar-refractivity contribution < 1.29 is 0 Å². The highest BCUT2D eigenvalue weighted by molar-refractivity contribution is 7.19. The van der Waals surface area contributed by atoms with E-state index in [1.165, 1.54) is 17.0 Å². The Kier molecular flexibility index (Phi) is 6.29. The highest BCUT2D eigenvalue weighted by atomic mass is 32.1. The normalized spacial score (nSPS) is 16.3. The lowest BCUT2D eigenvalue weighted by molar-refractivity contribution is 0.313. The molecule has 8 nitrogen and oxygen atoms in total. The van der Waals surface area contributed by atoms with Crippen LogP contribution in [0, 0.1) is 0 Å². The van der Waals surface area contributed by atoms with E-state index in [0.29, 0.717) is 12.3 Å². The summed E-state index contributed by atoms with van der Waals surface area (Å²) >= 11 is 1.45. The maximum Gasteiger partial charge on any atom is 0.190 e. The number of anilines is 4. The minimum absolute atomic E-state index is 0.294. The Labute approximate surface area is 180 Å². The SMILES string of the molecule is CC(/C=C\Cc1nc(Nc2cc(N3CCN(C)CC3)ccn2)sc1N)c1cn[nH]c1. The second-order valence-corrected chi connectivity index (χ2v) is 8.63. The molecule has 30 heavy (non-hydrogen) atoms. The summed E-state index contributed by atoms with van der Waals surface area (Å²) in [6.45, 7) is 6.34. The Balaban J connectivity index is 1.38. The molecule has 0 saturated carbocycles. The first kappa shape index (κ1) is 20.4. The van der Waals surface area contributed by atoms with E-state index >= 15 is 0 Å². The number of H-pyrrole nitrogens is 1. The number of thiazole rings is 1. The highest BCUT2D eigenvalue weighted by Gasteiger charge is 2.15. The van der Waals surface area contributed by atoms with Gasteiger partial charge >= 0.3 is 0 Å². The van der Waals surface area contributed by atoms with Gasteiger partial charge in [-0.15, -0.1) is 0 Å². The van der Waals surface area contributed by atoms with Crippen LogP contribution in [0.1, 0.15) is 24.1 Å². The van der Waals surface area contributed by atoms with Gasteiger partial charge in [-0.2, -0.15) is 5.10 Å². The van der Waals surface area contributed by atoms with E-state index in [9.17, 15) is 0 Å². The molecule has 4 rings (SSSR count). The molecule has 158 valence electrons. The number of rotatable bonds is 7. The maximum atomic E-state index is 6.20. The third kappa shape index (κ3) is 4.98. The Morgan fingerprint density at radius 3 is 2.93 bits per heavy atom. The fraction of sp³-hybridized carbons (Fsp3) is 0.381. The van der Waals surface area contributed by atoms with E-state index in [1.807, 2.05) is 18.6 Å². The summed E-state index contributed by atoms with van der Waals surface area (Å²) in [6.07, 6.45) is 10.6. The number of aromatic nitrogens is 4. The topological polar surface area (TPSA) is 99.0 Å². The van der Waals surface area contributed by atoms with E-state index in [4.69, 9.17) is 5.73 Å². The zero-order valence-corrected chi connectivity index (χ0v) is 18.2.